The van der Waals surface area contributed by atoms with E-state index in [1.54, 1.807) is 6.07 Å². The number of hydrogen-bond donors (Lipinski definition) is 2. The molecule has 2 aromatic rings. The molecule has 0 saturated heterocycles. The fourth-order valence-corrected chi connectivity index (χ4v) is 2.51. The Morgan fingerprint density at radius 1 is 1.30 bits per heavy atom. The first-order chi connectivity index (χ1) is 9.74. The van der Waals surface area contributed by atoms with Gasteiger partial charge in [-0.1, -0.05) is 31.0 Å². The number of para-hydroxylation sites is 1. The number of nitrogens with zero attached hydrogens (tertiary/aromatic N) is 1. The smallest absolute Gasteiger partial charge is 0.293 e. The van der Waals surface area contributed by atoms with Gasteiger partial charge in [0.2, 0.25) is 0 Å². The van der Waals surface area contributed by atoms with Gasteiger partial charge in [-0.15, -0.1) is 0 Å². The standard InChI is InChI=1S/C15H17N3O2/c16-12-9-14(17-13-8-4-3-7-11(12)13)15(19)18-20-10-5-1-2-6-10/h3-4,7-10H,1-2,5-6H2,(H2,16,17)(H,18,19). The lowest BCUT2D eigenvalue weighted by Crippen LogP contribution is -2.29. The van der Waals surface area contributed by atoms with Gasteiger partial charge in [-0.2, -0.15) is 0 Å². The van der Waals surface area contributed by atoms with Crippen LogP contribution in [-0.4, -0.2) is 17.0 Å². The third-order valence-corrected chi connectivity index (χ3v) is 3.60. The minimum Gasteiger partial charge on any atom is -0.398 e. The molecule has 1 aromatic heterocycles. The highest BCUT2D eigenvalue weighted by Gasteiger charge is 2.18. The van der Waals surface area contributed by atoms with Gasteiger partial charge >= 0.3 is 0 Å². The van der Waals surface area contributed by atoms with Crippen LogP contribution in [0.3, 0.4) is 0 Å². The summed E-state index contributed by atoms with van der Waals surface area (Å²) in [5.41, 5.74) is 9.96. The lowest BCUT2D eigenvalue weighted by Gasteiger charge is -2.11. The van der Waals surface area contributed by atoms with Crippen molar-refractivity contribution in [3.05, 3.63) is 36.0 Å². The molecule has 0 radical (unpaired) electrons. The Labute approximate surface area is 117 Å². The van der Waals surface area contributed by atoms with Gasteiger partial charge in [0.1, 0.15) is 5.69 Å². The van der Waals surface area contributed by atoms with E-state index >= 15 is 0 Å². The highest BCUT2D eigenvalue weighted by Crippen LogP contribution is 2.21. The Morgan fingerprint density at radius 3 is 2.85 bits per heavy atom. The molecule has 5 nitrogen and oxygen atoms in total. The number of amides is 1. The summed E-state index contributed by atoms with van der Waals surface area (Å²) in [6, 6.07) is 9.05. The average molecular weight is 271 g/mol. The van der Waals surface area contributed by atoms with Crippen molar-refractivity contribution in [3.8, 4) is 0 Å². The molecule has 0 bridgehead atoms. The van der Waals surface area contributed by atoms with E-state index in [0.29, 0.717) is 11.2 Å². The summed E-state index contributed by atoms with van der Waals surface area (Å²) in [6.45, 7) is 0. The molecule has 1 amide bonds. The summed E-state index contributed by atoms with van der Waals surface area (Å²) in [6.07, 6.45) is 4.42. The van der Waals surface area contributed by atoms with Crippen molar-refractivity contribution in [2.24, 2.45) is 0 Å². The zero-order chi connectivity index (χ0) is 13.9. The minimum absolute atomic E-state index is 0.122. The van der Waals surface area contributed by atoms with Crippen LogP contribution in [0.1, 0.15) is 36.2 Å². The molecule has 1 saturated carbocycles. The Bertz CT molecular complexity index is 636. The van der Waals surface area contributed by atoms with E-state index in [1.807, 2.05) is 24.3 Å². The molecular formula is C15H17N3O2. The second-order valence-corrected chi connectivity index (χ2v) is 5.07. The molecule has 0 atom stereocenters. The van der Waals surface area contributed by atoms with Crippen molar-refractivity contribution >= 4 is 22.5 Å². The Morgan fingerprint density at radius 2 is 2.05 bits per heavy atom. The van der Waals surface area contributed by atoms with Gasteiger partial charge in [-0.05, 0) is 25.0 Å². The number of carbonyl (C=O) groups excluding carboxylic acids is 1. The highest BCUT2D eigenvalue weighted by molar-refractivity contribution is 5.98. The van der Waals surface area contributed by atoms with E-state index in [0.717, 1.165) is 31.1 Å². The number of hydrogen-bond acceptors (Lipinski definition) is 4. The Balaban J connectivity index is 1.77. The molecule has 104 valence electrons. The maximum atomic E-state index is 12.0. The van der Waals surface area contributed by atoms with Crippen LogP contribution in [0.5, 0.6) is 0 Å². The van der Waals surface area contributed by atoms with Gasteiger partial charge in [0.25, 0.3) is 5.91 Å². The Hall–Kier alpha value is -2.14. The molecule has 0 unspecified atom stereocenters. The van der Waals surface area contributed by atoms with Gasteiger partial charge in [0.15, 0.2) is 0 Å². The van der Waals surface area contributed by atoms with E-state index in [2.05, 4.69) is 10.5 Å². The van der Waals surface area contributed by atoms with E-state index in [-0.39, 0.29) is 17.7 Å². The first-order valence-electron chi connectivity index (χ1n) is 6.85. The predicted octanol–water partition coefficient (Wildman–Crippen LogP) is 2.42. The molecule has 1 aromatic carbocycles. The zero-order valence-electron chi connectivity index (χ0n) is 11.1. The third-order valence-electron chi connectivity index (χ3n) is 3.60. The van der Waals surface area contributed by atoms with Gasteiger partial charge in [-0.25, -0.2) is 10.5 Å². The summed E-state index contributed by atoms with van der Waals surface area (Å²) in [5, 5.41) is 0.848. The molecule has 3 N–H and O–H groups in total. The number of pyridine rings is 1. The number of rotatable bonds is 3. The Kier molecular flexibility index (Phi) is 3.52. The summed E-state index contributed by atoms with van der Waals surface area (Å²) in [5.74, 6) is -0.352. The number of hydroxylamine groups is 1. The zero-order valence-corrected chi connectivity index (χ0v) is 11.1. The average Bonchev–Trinajstić information content (AvgIpc) is 2.98. The number of nitrogens with two attached hydrogens (primary N) is 1. The third kappa shape index (κ3) is 2.58. The molecule has 1 heterocycles. The molecule has 3 rings (SSSR count). The summed E-state index contributed by atoms with van der Waals surface area (Å²) < 4.78 is 0. The fourth-order valence-electron chi connectivity index (χ4n) is 2.51. The second kappa shape index (κ2) is 5.46. The number of fused-ring (bicyclic) bond motifs is 1. The largest absolute Gasteiger partial charge is 0.398 e. The first-order valence-corrected chi connectivity index (χ1v) is 6.85. The predicted molar refractivity (Wildman–Crippen MR) is 77.0 cm³/mol. The topological polar surface area (TPSA) is 77.2 Å². The molecule has 1 aliphatic rings. The number of nitrogens with one attached hydrogen (secondary N) is 1. The monoisotopic (exact) mass is 271 g/mol. The summed E-state index contributed by atoms with van der Waals surface area (Å²) >= 11 is 0. The number of anilines is 1. The number of benzene rings is 1. The van der Waals surface area contributed by atoms with Crippen molar-refractivity contribution in [1.29, 1.82) is 0 Å². The van der Waals surface area contributed by atoms with Gasteiger partial charge in [0, 0.05) is 11.1 Å². The second-order valence-electron chi connectivity index (χ2n) is 5.07. The van der Waals surface area contributed by atoms with Crippen molar-refractivity contribution in [2.45, 2.75) is 31.8 Å². The molecule has 5 heteroatoms. The van der Waals surface area contributed by atoms with E-state index < -0.39 is 0 Å². The van der Waals surface area contributed by atoms with Crippen LogP contribution in [0.15, 0.2) is 30.3 Å². The van der Waals surface area contributed by atoms with Crippen LogP contribution in [0.2, 0.25) is 0 Å². The molecule has 20 heavy (non-hydrogen) atoms. The number of nitrogen functional groups attached to an aromatic ring is 1. The molecule has 1 aliphatic carbocycles. The van der Waals surface area contributed by atoms with E-state index in [9.17, 15) is 4.79 Å². The summed E-state index contributed by atoms with van der Waals surface area (Å²) in [7, 11) is 0. The molecule has 1 fully saturated rings. The maximum absolute atomic E-state index is 12.0. The van der Waals surface area contributed by atoms with Crippen molar-refractivity contribution < 1.29 is 9.63 Å². The number of aromatic nitrogens is 1. The van der Waals surface area contributed by atoms with Crippen molar-refractivity contribution in [2.75, 3.05) is 5.73 Å². The number of carbonyl (C=O) groups is 1. The molecule has 0 aliphatic heterocycles. The molecular weight excluding hydrogens is 254 g/mol. The van der Waals surface area contributed by atoms with Gasteiger partial charge in [0.05, 0.1) is 11.6 Å². The van der Waals surface area contributed by atoms with Crippen LogP contribution < -0.4 is 11.2 Å². The maximum Gasteiger partial charge on any atom is 0.293 e. The minimum atomic E-state index is -0.352. The summed E-state index contributed by atoms with van der Waals surface area (Å²) in [4.78, 5) is 21.7. The van der Waals surface area contributed by atoms with E-state index in [4.69, 9.17) is 10.6 Å². The normalized spacial score (nSPS) is 15.6. The van der Waals surface area contributed by atoms with Gasteiger partial charge in [-0.3, -0.25) is 9.63 Å². The fraction of sp³-hybridized carbons (Fsp3) is 0.333. The first kappa shape index (κ1) is 12.9. The van der Waals surface area contributed by atoms with Gasteiger partial charge < -0.3 is 5.73 Å². The van der Waals surface area contributed by atoms with Crippen LogP contribution >= 0.6 is 0 Å². The van der Waals surface area contributed by atoms with Crippen LogP contribution in [0.25, 0.3) is 10.9 Å². The van der Waals surface area contributed by atoms with Crippen LogP contribution in [-0.2, 0) is 4.84 Å². The van der Waals surface area contributed by atoms with Crippen molar-refractivity contribution in [3.63, 3.8) is 0 Å². The highest BCUT2D eigenvalue weighted by atomic mass is 16.7. The van der Waals surface area contributed by atoms with Crippen molar-refractivity contribution in [1.82, 2.24) is 10.5 Å². The molecule has 0 spiro atoms. The SMILES string of the molecule is Nc1cc(C(=O)NOC2CCCC2)nc2ccccc12. The van der Waals surface area contributed by atoms with Crippen LogP contribution in [0, 0.1) is 0 Å². The van der Waals surface area contributed by atoms with E-state index in [1.165, 1.54) is 0 Å². The lowest BCUT2D eigenvalue weighted by molar-refractivity contribution is -0.0127. The lowest BCUT2D eigenvalue weighted by atomic mass is 10.1. The van der Waals surface area contributed by atoms with Crippen LogP contribution in [0.4, 0.5) is 5.69 Å². The quantitative estimate of drug-likeness (QED) is 0.840.